The molecule has 0 saturated carbocycles. The average Bonchev–Trinajstić information content (AvgIpc) is 3.19. The zero-order chi connectivity index (χ0) is 22.3. The maximum Gasteiger partial charge on any atom is 0.343 e. The van der Waals surface area contributed by atoms with Crippen molar-refractivity contribution < 1.29 is 19.0 Å². The van der Waals surface area contributed by atoms with Gasteiger partial charge < -0.3 is 14.2 Å². The monoisotopic (exact) mass is 430 g/mol. The van der Waals surface area contributed by atoms with E-state index >= 15 is 0 Å². The van der Waals surface area contributed by atoms with Crippen molar-refractivity contribution in [2.45, 2.75) is 26.4 Å². The van der Waals surface area contributed by atoms with Crippen LogP contribution in [-0.2, 0) is 29.0 Å². The maximum absolute atomic E-state index is 11.7. The van der Waals surface area contributed by atoms with E-state index in [4.69, 9.17) is 19.3 Å². The maximum atomic E-state index is 11.7. The summed E-state index contributed by atoms with van der Waals surface area (Å²) in [5.74, 6) is 0.901. The van der Waals surface area contributed by atoms with Gasteiger partial charge in [-0.1, -0.05) is 55.5 Å². The molecule has 4 rings (SSSR count). The van der Waals surface area contributed by atoms with Gasteiger partial charge in [0.25, 0.3) is 0 Å². The largest absolute Gasteiger partial charge is 0.487 e. The Labute approximate surface area is 187 Å². The van der Waals surface area contributed by atoms with Crippen LogP contribution in [0.1, 0.15) is 29.4 Å². The van der Waals surface area contributed by atoms with Crippen molar-refractivity contribution >= 4 is 11.5 Å². The first-order valence-corrected chi connectivity index (χ1v) is 10.6. The number of hydrogen-bond donors (Lipinski definition) is 0. The molecule has 6 nitrogen and oxygen atoms in total. The second kappa shape index (κ2) is 10.0. The number of benzene rings is 2. The molecule has 0 atom stereocenters. The van der Waals surface area contributed by atoms with E-state index in [0.717, 1.165) is 29.8 Å². The number of nitrogens with zero attached hydrogens (tertiary/aromatic N) is 2. The molecule has 0 unspecified atom stereocenters. The summed E-state index contributed by atoms with van der Waals surface area (Å²) in [6, 6.07) is 23.8. The van der Waals surface area contributed by atoms with Crippen LogP contribution in [0, 0.1) is 0 Å². The van der Waals surface area contributed by atoms with E-state index in [1.807, 2.05) is 59.1 Å². The number of aryl methyl sites for hydroxylation is 1. The summed E-state index contributed by atoms with van der Waals surface area (Å²) in [5.41, 5.74) is 5.00. The highest BCUT2D eigenvalue weighted by molar-refractivity contribution is 5.72. The van der Waals surface area contributed by atoms with Crippen LogP contribution < -0.4 is 9.47 Å². The van der Waals surface area contributed by atoms with E-state index in [1.165, 1.54) is 18.2 Å². The van der Waals surface area contributed by atoms with Crippen LogP contribution in [0.25, 0.3) is 5.52 Å². The number of para-hydroxylation sites is 1. The third kappa shape index (κ3) is 4.91. The van der Waals surface area contributed by atoms with E-state index in [0.29, 0.717) is 11.4 Å². The number of carbonyl (C=O) groups excluding carboxylic acids is 1. The van der Waals surface area contributed by atoms with E-state index in [9.17, 15) is 4.79 Å². The quantitative estimate of drug-likeness (QED) is 0.363. The lowest BCUT2D eigenvalue weighted by molar-refractivity contribution is -0.142. The number of methoxy groups -OCH3 is 1. The summed E-state index contributed by atoms with van der Waals surface area (Å²) < 4.78 is 18.4. The molecular formula is C26H26N2O4. The number of carbonyl (C=O) groups is 1. The number of ether oxygens (including phenoxy) is 3. The van der Waals surface area contributed by atoms with Crippen molar-refractivity contribution in [2.75, 3.05) is 13.7 Å². The third-order valence-corrected chi connectivity index (χ3v) is 5.24. The molecule has 4 aromatic rings. The lowest BCUT2D eigenvalue weighted by Crippen LogP contribution is -2.14. The Morgan fingerprint density at radius 1 is 0.969 bits per heavy atom. The van der Waals surface area contributed by atoms with Crippen molar-refractivity contribution in [3.63, 3.8) is 0 Å². The van der Waals surface area contributed by atoms with Crippen molar-refractivity contribution in [3.8, 4) is 11.5 Å². The van der Waals surface area contributed by atoms with Crippen molar-refractivity contribution in [2.24, 2.45) is 0 Å². The molecule has 0 bridgehead atoms. The molecule has 0 aliphatic heterocycles. The van der Waals surface area contributed by atoms with Gasteiger partial charge in [0.2, 0.25) is 0 Å². The van der Waals surface area contributed by atoms with Gasteiger partial charge in [0, 0.05) is 12.5 Å². The third-order valence-electron chi connectivity index (χ3n) is 5.24. The summed E-state index contributed by atoms with van der Waals surface area (Å²) in [6.45, 7) is 2.23. The van der Waals surface area contributed by atoms with Gasteiger partial charge in [-0.2, -0.15) is 5.10 Å². The van der Waals surface area contributed by atoms with E-state index in [-0.39, 0.29) is 13.2 Å². The highest BCUT2D eigenvalue weighted by Gasteiger charge is 2.17. The standard InChI is InChI=1S/C26H26N2O4/c1-3-20-15-24-25(32-18-26(29)30-2)16-21(17-31-22-12-8-5-9-13-22)27-28(24)23(20)14-19-10-6-4-7-11-19/h4-13,15-16H,3,14,17-18H2,1-2H3. The predicted molar refractivity (Wildman–Crippen MR) is 122 cm³/mol. The molecule has 2 heterocycles. The lowest BCUT2D eigenvalue weighted by Gasteiger charge is -2.12. The molecule has 0 spiro atoms. The minimum Gasteiger partial charge on any atom is -0.487 e. The molecule has 0 amide bonds. The summed E-state index contributed by atoms with van der Waals surface area (Å²) >= 11 is 0. The van der Waals surface area contributed by atoms with Gasteiger partial charge in [0.15, 0.2) is 6.61 Å². The van der Waals surface area contributed by atoms with Crippen LogP contribution >= 0.6 is 0 Å². The predicted octanol–water partition coefficient (Wildman–Crippen LogP) is 4.62. The Hall–Kier alpha value is -3.80. The van der Waals surface area contributed by atoms with Crippen molar-refractivity contribution in [1.29, 1.82) is 0 Å². The molecule has 0 aliphatic carbocycles. The molecule has 6 heteroatoms. The van der Waals surface area contributed by atoms with Gasteiger partial charge in [0.05, 0.1) is 12.8 Å². The van der Waals surface area contributed by atoms with Gasteiger partial charge >= 0.3 is 5.97 Å². The fraction of sp³-hybridized carbons (Fsp3) is 0.231. The van der Waals surface area contributed by atoms with Crippen LogP contribution in [0.5, 0.6) is 11.5 Å². The first kappa shape index (κ1) is 21.4. The molecule has 164 valence electrons. The molecule has 0 aliphatic rings. The van der Waals surface area contributed by atoms with Gasteiger partial charge in [-0.15, -0.1) is 0 Å². The Kier molecular flexibility index (Phi) is 6.70. The van der Waals surface area contributed by atoms with Crippen LogP contribution in [0.15, 0.2) is 72.8 Å². The summed E-state index contributed by atoms with van der Waals surface area (Å²) in [6.07, 6.45) is 1.60. The zero-order valence-electron chi connectivity index (χ0n) is 18.3. The minimum absolute atomic E-state index is 0.171. The summed E-state index contributed by atoms with van der Waals surface area (Å²) in [4.78, 5) is 11.7. The molecular weight excluding hydrogens is 404 g/mol. The Bertz CT molecular complexity index is 1190. The summed E-state index contributed by atoms with van der Waals surface area (Å²) in [7, 11) is 1.34. The Morgan fingerprint density at radius 3 is 2.38 bits per heavy atom. The van der Waals surface area contributed by atoms with E-state index in [2.05, 4.69) is 25.1 Å². The second-order valence-electron chi connectivity index (χ2n) is 7.40. The van der Waals surface area contributed by atoms with Gasteiger partial charge in [-0.3, -0.25) is 0 Å². The van der Waals surface area contributed by atoms with Crippen molar-refractivity contribution in [3.05, 3.63) is 95.3 Å². The van der Waals surface area contributed by atoms with Crippen LogP contribution in [0.3, 0.4) is 0 Å². The number of hydrogen-bond acceptors (Lipinski definition) is 5. The zero-order valence-corrected chi connectivity index (χ0v) is 18.3. The highest BCUT2D eigenvalue weighted by Crippen LogP contribution is 2.28. The van der Waals surface area contributed by atoms with Crippen LogP contribution in [0.2, 0.25) is 0 Å². The SMILES string of the molecule is CCc1cc2c(OCC(=O)OC)cc(COc3ccccc3)nn2c1Cc1ccccc1. The van der Waals surface area contributed by atoms with E-state index < -0.39 is 5.97 Å². The van der Waals surface area contributed by atoms with Gasteiger partial charge in [-0.05, 0) is 35.7 Å². The molecule has 0 radical (unpaired) electrons. The summed E-state index contributed by atoms with van der Waals surface area (Å²) in [5, 5.41) is 4.86. The van der Waals surface area contributed by atoms with Crippen LogP contribution in [0.4, 0.5) is 0 Å². The van der Waals surface area contributed by atoms with E-state index in [1.54, 1.807) is 0 Å². The fourth-order valence-corrected chi connectivity index (χ4v) is 3.60. The molecule has 0 fully saturated rings. The number of fused-ring (bicyclic) bond motifs is 1. The average molecular weight is 431 g/mol. The fourth-order valence-electron chi connectivity index (χ4n) is 3.60. The topological polar surface area (TPSA) is 62.1 Å². The van der Waals surface area contributed by atoms with Gasteiger partial charge in [0.1, 0.15) is 29.3 Å². The second-order valence-corrected chi connectivity index (χ2v) is 7.40. The first-order chi connectivity index (χ1) is 15.7. The molecule has 32 heavy (non-hydrogen) atoms. The van der Waals surface area contributed by atoms with Crippen molar-refractivity contribution in [1.82, 2.24) is 9.61 Å². The highest BCUT2D eigenvalue weighted by atomic mass is 16.6. The minimum atomic E-state index is -0.436. The Morgan fingerprint density at radius 2 is 1.69 bits per heavy atom. The molecule has 0 saturated heterocycles. The Balaban J connectivity index is 1.73. The lowest BCUT2D eigenvalue weighted by atomic mass is 10.1. The number of esters is 1. The molecule has 0 N–H and O–H groups in total. The molecule has 2 aromatic carbocycles. The van der Waals surface area contributed by atoms with Crippen LogP contribution in [-0.4, -0.2) is 29.3 Å². The normalized spacial score (nSPS) is 10.8. The number of rotatable bonds is 9. The molecule has 2 aromatic heterocycles. The smallest absolute Gasteiger partial charge is 0.343 e. The number of aromatic nitrogens is 2. The van der Waals surface area contributed by atoms with Gasteiger partial charge in [-0.25, -0.2) is 9.31 Å². The first-order valence-electron chi connectivity index (χ1n) is 10.6.